The van der Waals surface area contributed by atoms with E-state index in [-0.39, 0.29) is 12.3 Å². The summed E-state index contributed by atoms with van der Waals surface area (Å²) >= 11 is 0. The highest BCUT2D eigenvalue weighted by Crippen LogP contribution is 2.21. The molecule has 1 fully saturated rings. The molecule has 1 aliphatic rings. The molecule has 8 heteroatoms. The molecule has 1 N–H and O–H groups in total. The number of aromatic nitrogens is 2. The molecule has 0 bridgehead atoms. The number of hydrogen-bond donors (Lipinski definition) is 1. The molecule has 118 valence electrons. The van der Waals surface area contributed by atoms with Crippen LogP contribution in [0.5, 0.6) is 0 Å². The van der Waals surface area contributed by atoms with Crippen LogP contribution in [0.4, 0.5) is 3.89 Å². The Balaban J connectivity index is 1.60. The van der Waals surface area contributed by atoms with Crippen LogP contribution in [0.1, 0.15) is 12.0 Å². The fourth-order valence-electron chi connectivity index (χ4n) is 2.85. The van der Waals surface area contributed by atoms with Crippen molar-refractivity contribution in [1.29, 1.82) is 0 Å². The lowest BCUT2D eigenvalue weighted by atomic mass is 10.1. The third-order valence-electron chi connectivity index (χ3n) is 3.86. The zero-order valence-electron chi connectivity index (χ0n) is 11.8. The number of carbonyl (C=O) groups is 1. The van der Waals surface area contributed by atoms with Crippen molar-refractivity contribution in [2.24, 2.45) is 5.92 Å². The monoisotopic (exact) mass is 325 g/mol. The Hall–Kier alpha value is -1.96. The van der Waals surface area contributed by atoms with Crippen molar-refractivity contribution in [3.63, 3.8) is 0 Å². The number of hydrogen-bond acceptors (Lipinski definition) is 4. The van der Waals surface area contributed by atoms with E-state index in [1.807, 2.05) is 18.3 Å². The first-order valence-electron chi connectivity index (χ1n) is 7.03. The molecule has 1 amide bonds. The number of nitrogens with zero attached hydrogens (tertiary/aromatic N) is 2. The van der Waals surface area contributed by atoms with Gasteiger partial charge in [-0.05, 0) is 24.1 Å². The highest BCUT2D eigenvalue weighted by atomic mass is 32.3. The first-order chi connectivity index (χ1) is 10.4. The molecule has 22 heavy (non-hydrogen) atoms. The van der Waals surface area contributed by atoms with E-state index in [1.54, 1.807) is 11.1 Å². The standard InChI is InChI=1S/C14H16FN3O3S/c15-22(20,21)9-11-6-13(19)18(8-11)4-2-10-5-12-1-3-16-14(12)17-7-10/h1,3,5,7,11H,2,4,6,8-9H2,(H,16,17). The number of carbonyl (C=O) groups excluding carboxylic acids is 1. The summed E-state index contributed by atoms with van der Waals surface area (Å²) in [5, 5.41) is 1.01. The van der Waals surface area contributed by atoms with Crippen LogP contribution in [-0.2, 0) is 21.4 Å². The van der Waals surface area contributed by atoms with Gasteiger partial charge in [-0.2, -0.15) is 8.42 Å². The lowest BCUT2D eigenvalue weighted by molar-refractivity contribution is -0.127. The molecule has 3 rings (SSSR count). The Bertz CT molecular complexity index is 803. The van der Waals surface area contributed by atoms with Gasteiger partial charge < -0.3 is 9.88 Å². The van der Waals surface area contributed by atoms with E-state index in [9.17, 15) is 17.1 Å². The van der Waals surface area contributed by atoms with Crippen LogP contribution in [0.3, 0.4) is 0 Å². The minimum atomic E-state index is -4.53. The SMILES string of the molecule is O=C1CC(CS(=O)(=O)F)CN1CCc1cnc2[nH]ccc2c1. The van der Waals surface area contributed by atoms with Gasteiger partial charge in [0.1, 0.15) is 5.65 Å². The van der Waals surface area contributed by atoms with Gasteiger partial charge in [-0.15, -0.1) is 3.89 Å². The third-order valence-corrected chi connectivity index (χ3v) is 4.73. The molecule has 0 aromatic carbocycles. The number of amides is 1. The second kappa shape index (κ2) is 5.68. The molecule has 0 spiro atoms. The second-order valence-corrected chi connectivity index (χ2v) is 7.04. The van der Waals surface area contributed by atoms with E-state index in [0.717, 1.165) is 16.6 Å². The summed E-state index contributed by atoms with van der Waals surface area (Å²) in [6.45, 7) is 0.779. The molecule has 1 aliphatic heterocycles. The van der Waals surface area contributed by atoms with Gasteiger partial charge in [0, 0.05) is 43.2 Å². The highest BCUT2D eigenvalue weighted by Gasteiger charge is 2.32. The van der Waals surface area contributed by atoms with E-state index in [1.165, 1.54) is 0 Å². The summed E-state index contributed by atoms with van der Waals surface area (Å²) < 4.78 is 34.0. The molecule has 6 nitrogen and oxygen atoms in total. The van der Waals surface area contributed by atoms with Crippen molar-refractivity contribution in [3.8, 4) is 0 Å². The second-order valence-electron chi connectivity index (χ2n) is 5.62. The van der Waals surface area contributed by atoms with Crippen molar-refractivity contribution in [2.45, 2.75) is 12.8 Å². The number of pyridine rings is 1. The van der Waals surface area contributed by atoms with Crippen molar-refractivity contribution in [3.05, 3.63) is 30.1 Å². The molecule has 1 saturated heterocycles. The number of fused-ring (bicyclic) bond motifs is 1. The minimum absolute atomic E-state index is 0.0955. The molecule has 0 aliphatic carbocycles. The topological polar surface area (TPSA) is 83.1 Å². The Labute approximate surface area is 127 Å². The van der Waals surface area contributed by atoms with Crippen LogP contribution < -0.4 is 0 Å². The number of halogens is 1. The molecular formula is C14H16FN3O3S. The lowest BCUT2D eigenvalue weighted by Crippen LogP contribution is -2.28. The number of H-pyrrole nitrogens is 1. The summed E-state index contributed by atoms with van der Waals surface area (Å²) in [5.74, 6) is -1.15. The minimum Gasteiger partial charge on any atom is -0.346 e. The summed E-state index contributed by atoms with van der Waals surface area (Å²) in [6.07, 6.45) is 4.30. The molecular weight excluding hydrogens is 309 g/mol. The maximum Gasteiger partial charge on any atom is 0.302 e. The maximum atomic E-state index is 12.7. The summed E-state index contributed by atoms with van der Waals surface area (Å²) in [4.78, 5) is 20.7. The molecule has 0 radical (unpaired) electrons. The smallest absolute Gasteiger partial charge is 0.302 e. The number of aromatic amines is 1. The maximum absolute atomic E-state index is 12.7. The van der Waals surface area contributed by atoms with E-state index >= 15 is 0 Å². The zero-order valence-corrected chi connectivity index (χ0v) is 12.6. The van der Waals surface area contributed by atoms with Gasteiger partial charge in [0.2, 0.25) is 5.91 Å². The molecule has 2 aromatic heterocycles. The van der Waals surface area contributed by atoms with E-state index in [2.05, 4.69) is 9.97 Å². The number of rotatable bonds is 5. The molecule has 3 heterocycles. The normalized spacial score (nSPS) is 19.2. The number of nitrogens with one attached hydrogen (secondary N) is 1. The van der Waals surface area contributed by atoms with Crippen LogP contribution in [0, 0.1) is 5.92 Å². The van der Waals surface area contributed by atoms with Crippen LogP contribution >= 0.6 is 0 Å². The van der Waals surface area contributed by atoms with Crippen molar-refractivity contribution in [1.82, 2.24) is 14.9 Å². The average Bonchev–Trinajstić information content (AvgIpc) is 3.00. The summed E-state index contributed by atoms with van der Waals surface area (Å²) in [5.41, 5.74) is 1.82. The molecule has 0 saturated carbocycles. The van der Waals surface area contributed by atoms with Gasteiger partial charge in [0.15, 0.2) is 0 Å². The van der Waals surface area contributed by atoms with Crippen LogP contribution in [-0.4, -0.2) is 48.0 Å². The first-order valence-corrected chi connectivity index (χ1v) is 8.58. The predicted octanol–water partition coefficient (Wildman–Crippen LogP) is 1.25. The fraction of sp³-hybridized carbons (Fsp3) is 0.429. The molecule has 2 aromatic rings. The van der Waals surface area contributed by atoms with Gasteiger partial charge in [-0.3, -0.25) is 4.79 Å². The Morgan fingerprint density at radius 3 is 3.05 bits per heavy atom. The van der Waals surface area contributed by atoms with Crippen LogP contribution in [0.15, 0.2) is 24.5 Å². The van der Waals surface area contributed by atoms with Gasteiger partial charge in [0.05, 0.1) is 5.75 Å². The Morgan fingerprint density at radius 2 is 2.27 bits per heavy atom. The zero-order chi connectivity index (χ0) is 15.7. The lowest BCUT2D eigenvalue weighted by Gasteiger charge is -2.16. The van der Waals surface area contributed by atoms with Gasteiger partial charge in [-0.1, -0.05) is 0 Å². The van der Waals surface area contributed by atoms with Gasteiger partial charge in [-0.25, -0.2) is 4.98 Å². The van der Waals surface area contributed by atoms with Gasteiger partial charge in [0.25, 0.3) is 0 Å². The van der Waals surface area contributed by atoms with Crippen LogP contribution in [0.25, 0.3) is 11.0 Å². The largest absolute Gasteiger partial charge is 0.346 e. The van der Waals surface area contributed by atoms with Crippen molar-refractivity contribution >= 4 is 27.2 Å². The highest BCUT2D eigenvalue weighted by molar-refractivity contribution is 7.86. The molecule has 1 atom stereocenters. The van der Waals surface area contributed by atoms with Gasteiger partial charge >= 0.3 is 10.2 Å². The summed E-state index contributed by atoms with van der Waals surface area (Å²) in [6, 6.07) is 3.93. The molecule has 1 unspecified atom stereocenters. The van der Waals surface area contributed by atoms with Crippen molar-refractivity contribution < 1.29 is 17.1 Å². The Morgan fingerprint density at radius 1 is 1.45 bits per heavy atom. The average molecular weight is 325 g/mol. The summed E-state index contributed by atoms with van der Waals surface area (Å²) in [7, 11) is -4.53. The first kappa shape index (κ1) is 15.0. The van der Waals surface area contributed by atoms with E-state index < -0.39 is 21.9 Å². The Kier molecular flexibility index (Phi) is 3.86. The predicted molar refractivity (Wildman–Crippen MR) is 79.4 cm³/mol. The van der Waals surface area contributed by atoms with Crippen molar-refractivity contribution in [2.75, 3.05) is 18.8 Å². The van der Waals surface area contributed by atoms with E-state index in [0.29, 0.717) is 19.5 Å². The third kappa shape index (κ3) is 3.44. The fourth-order valence-corrected chi connectivity index (χ4v) is 3.64. The van der Waals surface area contributed by atoms with Crippen LogP contribution in [0.2, 0.25) is 0 Å². The van der Waals surface area contributed by atoms with E-state index in [4.69, 9.17) is 0 Å². The quantitative estimate of drug-likeness (QED) is 0.839. The number of likely N-dealkylation sites (tertiary alicyclic amines) is 1.